The third-order valence-electron chi connectivity index (χ3n) is 4.03. The number of amides is 2. The van der Waals surface area contributed by atoms with Crippen molar-refractivity contribution in [1.29, 1.82) is 0 Å². The van der Waals surface area contributed by atoms with Crippen LogP contribution in [-0.4, -0.2) is 18.9 Å². The Bertz CT molecular complexity index is 788. The molecule has 2 aromatic carbocycles. The number of methoxy groups -OCH3 is 1. The number of ether oxygens (including phenoxy) is 1. The number of benzene rings is 2. The molecule has 0 saturated heterocycles. The van der Waals surface area contributed by atoms with Gasteiger partial charge in [-0.2, -0.15) is 0 Å². The zero-order valence-corrected chi connectivity index (χ0v) is 14.9. The smallest absolute Gasteiger partial charge is 0.228 e. The topological polar surface area (TPSA) is 67.4 Å². The van der Waals surface area contributed by atoms with Crippen LogP contribution in [0.3, 0.4) is 0 Å². The Kier molecular flexibility index (Phi) is 5.16. The molecule has 0 bridgehead atoms. The quantitative estimate of drug-likeness (QED) is 0.818. The summed E-state index contributed by atoms with van der Waals surface area (Å²) in [5, 5.41) is 6.23. The first kappa shape index (κ1) is 17.6. The number of hydrogen-bond donors (Lipinski definition) is 2. The van der Waals surface area contributed by atoms with Crippen molar-refractivity contribution in [3.8, 4) is 5.75 Å². The fourth-order valence-corrected chi connectivity index (χ4v) is 3.01. The first-order valence-electron chi connectivity index (χ1n) is 7.69. The van der Waals surface area contributed by atoms with Gasteiger partial charge in [-0.15, -0.1) is 0 Å². The van der Waals surface area contributed by atoms with Crippen LogP contribution in [0.5, 0.6) is 5.75 Å². The monoisotopic (exact) mass is 378 g/mol. The van der Waals surface area contributed by atoms with Crippen molar-refractivity contribution in [2.75, 3.05) is 17.7 Å². The van der Waals surface area contributed by atoms with E-state index < -0.39 is 0 Å². The van der Waals surface area contributed by atoms with Crippen molar-refractivity contribution in [2.45, 2.75) is 6.42 Å². The zero-order chi connectivity index (χ0) is 18.0. The number of nitrogens with one attached hydrogen (secondary N) is 2. The maximum Gasteiger partial charge on any atom is 0.228 e. The van der Waals surface area contributed by atoms with Crippen molar-refractivity contribution in [3.05, 3.63) is 52.5 Å². The SMILES string of the molecule is COc1ccc(NC(=O)C2CC2C(=O)Nc2c(Cl)cccc2Cl)cc1. The van der Waals surface area contributed by atoms with Crippen LogP contribution >= 0.6 is 23.2 Å². The van der Waals surface area contributed by atoms with Crippen LogP contribution in [-0.2, 0) is 9.59 Å². The van der Waals surface area contributed by atoms with E-state index in [0.717, 1.165) is 0 Å². The Hall–Kier alpha value is -2.24. The highest BCUT2D eigenvalue weighted by Crippen LogP contribution is 2.41. The minimum atomic E-state index is -0.384. The molecule has 0 aliphatic heterocycles. The third-order valence-corrected chi connectivity index (χ3v) is 4.66. The molecule has 1 fully saturated rings. The molecular weight excluding hydrogens is 363 g/mol. The third kappa shape index (κ3) is 4.06. The summed E-state index contributed by atoms with van der Waals surface area (Å²) in [5.74, 6) is -0.479. The number of carbonyl (C=O) groups excluding carboxylic acids is 2. The average molecular weight is 379 g/mol. The molecule has 0 spiro atoms. The predicted octanol–water partition coefficient (Wildman–Crippen LogP) is 4.22. The second-order valence-corrected chi connectivity index (χ2v) is 6.57. The molecule has 0 aromatic heterocycles. The van der Waals surface area contributed by atoms with Gasteiger partial charge in [0.05, 0.1) is 34.7 Å². The molecule has 1 saturated carbocycles. The van der Waals surface area contributed by atoms with Gasteiger partial charge >= 0.3 is 0 Å². The Labute approximate surface area is 155 Å². The Morgan fingerprint density at radius 1 is 0.960 bits per heavy atom. The second kappa shape index (κ2) is 7.33. The van der Waals surface area contributed by atoms with Gasteiger partial charge in [0.15, 0.2) is 0 Å². The molecule has 0 heterocycles. The summed E-state index contributed by atoms with van der Waals surface area (Å²) in [6, 6.07) is 12.0. The predicted molar refractivity (Wildman–Crippen MR) is 98.3 cm³/mol. The summed E-state index contributed by atoms with van der Waals surface area (Å²) in [7, 11) is 1.58. The second-order valence-electron chi connectivity index (χ2n) is 5.75. The van der Waals surface area contributed by atoms with Crippen molar-refractivity contribution in [2.24, 2.45) is 11.8 Å². The molecule has 2 amide bonds. The maximum absolute atomic E-state index is 12.3. The molecule has 1 aliphatic rings. The largest absolute Gasteiger partial charge is 0.497 e. The normalized spacial score (nSPS) is 18.4. The number of para-hydroxylation sites is 1. The van der Waals surface area contributed by atoms with E-state index in [1.807, 2.05) is 0 Å². The molecule has 0 radical (unpaired) electrons. The molecule has 5 nitrogen and oxygen atoms in total. The van der Waals surface area contributed by atoms with Crippen molar-refractivity contribution < 1.29 is 14.3 Å². The minimum absolute atomic E-state index is 0.185. The molecule has 2 unspecified atom stereocenters. The minimum Gasteiger partial charge on any atom is -0.497 e. The Morgan fingerprint density at radius 2 is 1.52 bits per heavy atom. The standard InChI is InChI=1S/C18H16Cl2N2O3/c1-25-11-7-5-10(6-8-11)21-17(23)12-9-13(12)18(24)22-16-14(19)3-2-4-15(16)20/h2-8,12-13H,9H2,1H3,(H,21,23)(H,22,24). The van der Waals surface area contributed by atoms with E-state index in [2.05, 4.69) is 10.6 Å². The fourth-order valence-electron chi connectivity index (χ4n) is 2.52. The van der Waals surface area contributed by atoms with E-state index in [9.17, 15) is 9.59 Å². The van der Waals surface area contributed by atoms with Crippen molar-refractivity contribution in [3.63, 3.8) is 0 Å². The molecule has 3 rings (SSSR count). The van der Waals surface area contributed by atoms with Crippen molar-refractivity contribution in [1.82, 2.24) is 0 Å². The highest BCUT2D eigenvalue weighted by atomic mass is 35.5. The van der Waals surface area contributed by atoms with E-state index in [4.69, 9.17) is 27.9 Å². The van der Waals surface area contributed by atoms with E-state index >= 15 is 0 Å². The highest BCUT2D eigenvalue weighted by Gasteiger charge is 2.48. The van der Waals surface area contributed by atoms with Gasteiger partial charge in [-0.05, 0) is 42.8 Å². The lowest BCUT2D eigenvalue weighted by molar-refractivity contribution is -0.122. The van der Waals surface area contributed by atoms with E-state index in [0.29, 0.717) is 33.6 Å². The lowest BCUT2D eigenvalue weighted by atomic mass is 10.2. The molecule has 25 heavy (non-hydrogen) atoms. The summed E-state index contributed by atoms with van der Waals surface area (Å²) in [5.41, 5.74) is 1.03. The number of rotatable bonds is 5. The molecule has 2 atom stereocenters. The molecular formula is C18H16Cl2N2O3. The fraction of sp³-hybridized carbons (Fsp3) is 0.222. The van der Waals surface area contributed by atoms with Crippen LogP contribution in [0, 0.1) is 11.8 Å². The van der Waals surface area contributed by atoms with Gasteiger partial charge in [-0.1, -0.05) is 29.3 Å². The summed E-state index contributed by atoms with van der Waals surface area (Å²) in [4.78, 5) is 24.6. The first-order chi connectivity index (χ1) is 12.0. The van der Waals surface area contributed by atoms with Crippen LogP contribution in [0.15, 0.2) is 42.5 Å². The van der Waals surface area contributed by atoms with E-state index in [-0.39, 0.29) is 23.7 Å². The summed E-state index contributed by atoms with van der Waals surface area (Å²) in [6.07, 6.45) is 0.496. The maximum atomic E-state index is 12.3. The van der Waals surface area contributed by atoms with Gasteiger partial charge in [0.2, 0.25) is 11.8 Å². The number of anilines is 2. The Balaban J connectivity index is 1.57. The highest BCUT2D eigenvalue weighted by molar-refractivity contribution is 6.39. The van der Waals surface area contributed by atoms with Crippen LogP contribution in [0.4, 0.5) is 11.4 Å². The lowest BCUT2D eigenvalue weighted by Crippen LogP contribution is -2.20. The Morgan fingerprint density at radius 3 is 2.08 bits per heavy atom. The number of hydrogen-bond acceptors (Lipinski definition) is 3. The van der Waals surface area contributed by atoms with Crippen LogP contribution in [0.2, 0.25) is 10.0 Å². The summed E-state index contributed by atoms with van der Waals surface area (Å²) < 4.78 is 5.07. The lowest BCUT2D eigenvalue weighted by Gasteiger charge is -2.09. The number of carbonyl (C=O) groups is 2. The molecule has 1 aliphatic carbocycles. The van der Waals surface area contributed by atoms with E-state index in [1.165, 1.54) is 0 Å². The van der Waals surface area contributed by atoms with Gasteiger partial charge in [0.25, 0.3) is 0 Å². The zero-order valence-electron chi connectivity index (χ0n) is 13.4. The van der Waals surface area contributed by atoms with Crippen LogP contribution in [0.25, 0.3) is 0 Å². The van der Waals surface area contributed by atoms with Gasteiger partial charge < -0.3 is 15.4 Å². The van der Waals surface area contributed by atoms with Crippen molar-refractivity contribution >= 4 is 46.4 Å². The first-order valence-corrected chi connectivity index (χ1v) is 8.45. The van der Waals surface area contributed by atoms with Crippen LogP contribution in [0.1, 0.15) is 6.42 Å². The molecule has 130 valence electrons. The van der Waals surface area contributed by atoms with Crippen LogP contribution < -0.4 is 15.4 Å². The van der Waals surface area contributed by atoms with Gasteiger partial charge in [0.1, 0.15) is 5.75 Å². The summed E-state index contributed by atoms with van der Waals surface area (Å²) >= 11 is 12.1. The van der Waals surface area contributed by atoms with Gasteiger partial charge in [-0.25, -0.2) is 0 Å². The number of halogens is 2. The van der Waals surface area contributed by atoms with E-state index in [1.54, 1.807) is 49.6 Å². The average Bonchev–Trinajstić information content (AvgIpc) is 3.40. The molecule has 2 aromatic rings. The molecule has 7 heteroatoms. The summed E-state index contributed by atoms with van der Waals surface area (Å²) in [6.45, 7) is 0. The molecule has 2 N–H and O–H groups in total. The van der Waals surface area contributed by atoms with Gasteiger partial charge in [-0.3, -0.25) is 9.59 Å². The van der Waals surface area contributed by atoms with Gasteiger partial charge in [0, 0.05) is 5.69 Å².